The Morgan fingerprint density at radius 3 is 2.65 bits per heavy atom. The Balaban J connectivity index is 1.66. The number of amides is 1. The molecule has 2 aliphatic rings. The number of nitrogens with two attached hydrogens (primary N) is 1. The van der Waals surface area contributed by atoms with E-state index in [9.17, 15) is 18.0 Å². The topological polar surface area (TPSA) is 124 Å². The van der Waals surface area contributed by atoms with Gasteiger partial charge in [-0.05, 0) is 24.3 Å². The third-order valence-corrected chi connectivity index (χ3v) is 4.82. The minimum atomic E-state index is -4.45. The Morgan fingerprint density at radius 1 is 1.18 bits per heavy atom. The molecule has 0 fully saturated rings. The number of fused-ring (bicyclic) bond motifs is 1. The number of ether oxygens (including phenoxy) is 2. The summed E-state index contributed by atoms with van der Waals surface area (Å²) in [5, 5.41) is 2.98. The van der Waals surface area contributed by atoms with E-state index in [1.807, 2.05) is 0 Å². The van der Waals surface area contributed by atoms with Gasteiger partial charge in [0.25, 0.3) is 0 Å². The molecule has 0 saturated carbocycles. The molecule has 0 spiro atoms. The third kappa shape index (κ3) is 5.12. The van der Waals surface area contributed by atoms with Crippen molar-refractivity contribution >= 4 is 23.4 Å². The number of alkyl halides is 3. The number of rotatable bonds is 7. The second-order valence-corrected chi connectivity index (χ2v) is 7.20. The Morgan fingerprint density at radius 2 is 1.94 bits per heavy atom. The van der Waals surface area contributed by atoms with Gasteiger partial charge in [-0.25, -0.2) is 15.0 Å². The van der Waals surface area contributed by atoms with Crippen LogP contribution in [0.2, 0.25) is 0 Å². The summed E-state index contributed by atoms with van der Waals surface area (Å²) in [6, 6.07) is 5.35. The van der Waals surface area contributed by atoms with Crippen molar-refractivity contribution in [2.45, 2.75) is 12.2 Å². The number of aliphatic imine (C=N–C) groups is 2. The van der Waals surface area contributed by atoms with Crippen LogP contribution in [0.3, 0.4) is 0 Å². The van der Waals surface area contributed by atoms with Crippen molar-refractivity contribution in [3.05, 3.63) is 59.9 Å². The number of allylic oxidation sites excluding steroid dienone is 2. The Labute approximate surface area is 191 Å². The molecule has 1 aliphatic carbocycles. The zero-order valence-electron chi connectivity index (χ0n) is 17.8. The molecular formula is C22H19F3N6O3. The monoisotopic (exact) mass is 472 g/mol. The summed E-state index contributed by atoms with van der Waals surface area (Å²) >= 11 is 0. The van der Waals surface area contributed by atoms with E-state index in [0.29, 0.717) is 35.9 Å². The van der Waals surface area contributed by atoms with Crippen molar-refractivity contribution < 1.29 is 27.4 Å². The molecular weight excluding hydrogens is 453 g/mol. The van der Waals surface area contributed by atoms with Gasteiger partial charge in [-0.2, -0.15) is 18.2 Å². The summed E-state index contributed by atoms with van der Waals surface area (Å²) in [5.41, 5.74) is 6.00. The molecule has 2 heterocycles. The summed E-state index contributed by atoms with van der Waals surface area (Å²) < 4.78 is 49.8. The smallest absolute Gasteiger partial charge is 0.416 e. The van der Waals surface area contributed by atoms with Crippen LogP contribution in [0.15, 0.2) is 64.3 Å². The van der Waals surface area contributed by atoms with E-state index in [-0.39, 0.29) is 17.7 Å². The van der Waals surface area contributed by atoms with Gasteiger partial charge in [0, 0.05) is 25.3 Å². The maximum atomic E-state index is 12.9. The summed E-state index contributed by atoms with van der Waals surface area (Å²) in [6.07, 6.45) is 0.449. The van der Waals surface area contributed by atoms with Gasteiger partial charge in [0.1, 0.15) is 5.76 Å². The Kier molecular flexibility index (Phi) is 6.41. The number of hydrogen-bond acceptors (Lipinski definition) is 8. The summed E-state index contributed by atoms with van der Waals surface area (Å²) in [6.45, 7) is 0.768. The highest BCUT2D eigenvalue weighted by atomic mass is 19.4. The lowest BCUT2D eigenvalue weighted by molar-refractivity contribution is -0.137. The number of anilines is 1. The number of nitrogens with one attached hydrogen (secondary N) is 1. The lowest BCUT2D eigenvalue weighted by Crippen LogP contribution is -2.36. The first kappa shape index (κ1) is 23.1. The lowest BCUT2D eigenvalue weighted by Gasteiger charge is -2.22. The van der Waals surface area contributed by atoms with Gasteiger partial charge in [-0.1, -0.05) is 18.2 Å². The van der Waals surface area contributed by atoms with Crippen molar-refractivity contribution in [3.63, 3.8) is 0 Å². The van der Waals surface area contributed by atoms with Crippen molar-refractivity contribution in [2.24, 2.45) is 15.7 Å². The van der Waals surface area contributed by atoms with Crippen LogP contribution in [0.4, 0.5) is 19.1 Å². The molecule has 0 bridgehead atoms. The molecule has 0 saturated heterocycles. The zero-order chi connectivity index (χ0) is 24.3. The molecule has 9 nitrogen and oxygen atoms in total. The third-order valence-electron chi connectivity index (χ3n) is 4.82. The predicted octanol–water partition coefficient (Wildman–Crippen LogP) is 2.76. The van der Waals surface area contributed by atoms with Crippen LogP contribution in [0, 0.1) is 0 Å². The first-order valence-corrected chi connectivity index (χ1v) is 10.1. The van der Waals surface area contributed by atoms with E-state index < -0.39 is 23.7 Å². The number of aromatic nitrogens is 2. The largest absolute Gasteiger partial charge is 0.440 e. The van der Waals surface area contributed by atoms with Crippen LogP contribution in [0.1, 0.15) is 5.56 Å². The molecule has 4 rings (SSSR count). The minimum absolute atomic E-state index is 0.108. The van der Waals surface area contributed by atoms with Crippen LogP contribution in [0.5, 0.6) is 5.88 Å². The van der Waals surface area contributed by atoms with Crippen LogP contribution in [0.25, 0.3) is 11.3 Å². The van der Waals surface area contributed by atoms with Crippen molar-refractivity contribution in [2.75, 3.05) is 25.6 Å². The number of carbonyl (C=O) groups excluding carboxylic acids is 1. The fourth-order valence-electron chi connectivity index (χ4n) is 3.18. The molecule has 0 radical (unpaired) electrons. The number of benzene rings is 1. The Hall–Kier alpha value is -4.06. The molecule has 1 aromatic heterocycles. The van der Waals surface area contributed by atoms with Gasteiger partial charge in [-0.3, -0.25) is 4.79 Å². The number of carbonyl (C=O) groups is 1. The number of halogens is 3. The van der Waals surface area contributed by atoms with Crippen LogP contribution in [-0.4, -0.2) is 53.7 Å². The van der Waals surface area contributed by atoms with Crippen LogP contribution in [-0.2, 0) is 15.7 Å². The van der Waals surface area contributed by atoms with Crippen LogP contribution < -0.4 is 15.8 Å². The van der Waals surface area contributed by atoms with E-state index in [0.717, 1.165) is 12.1 Å². The molecule has 12 heteroatoms. The molecule has 34 heavy (non-hydrogen) atoms. The highest BCUT2D eigenvalue weighted by Gasteiger charge is 2.31. The highest BCUT2D eigenvalue weighted by molar-refractivity contribution is 6.41. The zero-order valence-corrected chi connectivity index (χ0v) is 17.8. The number of methoxy groups -OCH3 is 1. The van der Waals surface area contributed by atoms with Gasteiger partial charge in [-0.15, -0.1) is 0 Å². The predicted molar refractivity (Wildman–Crippen MR) is 119 cm³/mol. The molecule has 1 amide bonds. The number of amidine groups is 1. The SMILES string of the molecule is COCCNc1nc(OC2=CC=CC3=NC(=O)C(N)=NC23)cc(-c2ccc(C(F)(F)F)cc2)n1. The van der Waals surface area contributed by atoms with Gasteiger partial charge in [0.2, 0.25) is 11.8 Å². The molecule has 1 aliphatic heterocycles. The van der Waals surface area contributed by atoms with Gasteiger partial charge in [0.05, 0.1) is 23.6 Å². The van der Waals surface area contributed by atoms with Gasteiger partial charge >= 0.3 is 12.1 Å². The molecule has 176 valence electrons. The second kappa shape index (κ2) is 9.43. The maximum absolute atomic E-state index is 12.9. The van der Waals surface area contributed by atoms with Gasteiger partial charge < -0.3 is 20.5 Å². The van der Waals surface area contributed by atoms with Crippen molar-refractivity contribution in [1.82, 2.24) is 9.97 Å². The van der Waals surface area contributed by atoms with E-state index in [1.54, 1.807) is 25.3 Å². The highest BCUT2D eigenvalue weighted by Crippen LogP contribution is 2.32. The van der Waals surface area contributed by atoms with E-state index in [4.69, 9.17) is 15.2 Å². The summed E-state index contributed by atoms with van der Waals surface area (Å²) in [7, 11) is 1.54. The lowest BCUT2D eigenvalue weighted by atomic mass is 10.0. The van der Waals surface area contributed by atoms with E-state index in [2.05, 4.69) is 25.3 Å². The molecule has 1 aromatic carbocycles. The van der Waals surface area contributed by atoms with E-state index >= 15 is 0 Å². The van der Waals surface area contributed by atoms with Crippen LogP contribution >= 0.6 is 0 Å². The van der Waals surface area contributed by atoms with Crippen molar-refractivity contribution in [1.29, 1.82) is 0 Å². The normalized spacial score (nSPS) is 17.5. The van der Waals surface area contributed by atoms with E-state index in [1.165, 1.54) is 18.2 Å². The fourth-order valence-corrected chi connectivity index (χ4v) is 3.18. The first-order valence-electron chi connectivity index (χ1n) is 10.1. The number of nitrogens with zero attached hydrogens (tertiary/aromatic N) is 4. The average Bonchev–Trinajstić information content (AvgIpc) is 2.80. The summed E-state index contributed by atoms with van der Waals surface area (Å²) in [4.78, 5) is 28.5. The standard InChI is InChI=1S/C22H19F3N6O3/c1-33-10-9-27-21-29-15(12-5-7-13(8-6-12)22(23,24)25)11-17(30-21)34-16-4-2-3-14-18(16)31-19(26)20(32)28-14/h2-8,11,18H,9-10H2,1H3,(H2,26,31)(H,27,29,30). The molecule has 1 unspecified atom stereocenters. The Bertz CT molecular complexity index is 1220. The second-order valence-electron chi connectivity index (χ2n) is 7.20. The average molecular weight is 472 g/mol. The van der Waals surface area contributed by atoms with Gasteiger partial charge in [0.15, 0.2) is 11.9 Å². The quantitative estimate of drug-likeness (QED) is 0.594. The maximum Gasteiger partial charge on any atom is 0.416 e. The van der Waals surface area contributed by atoms with Crippen molar-refractivity contribution in [3.8, 4) is 17.1 Å². The fraction of sp³-hybridized carbons (Fsp3) is 0.227. The summed E-state index contributed by atoms with van der Waals surface area (Å²) in [5.74, 6) is -0.262. The molecule has 2 aromatic rings. The minimum Gasteiger partial charge on any atom is -0.440 e. The first-order chi connectivity index (χ1) is 16.2. The number of hydrogen-bond donors (Lipinski definition) is 2. The molecule has 1 atom stereocenters. The molecule has 3 N–H and O–H groups in total.